The summed E-state index contributed by atoms with van der Waals surface area (Å²) in [6.45, 7) is 5.67. The number of hydrogen-bond acceptors (Lipinski definition) is 3. The number of anilines is 1. The molecule has 1 fully saturated rings. The van der Waals surface area contributed by atoms with E-state index in [-0.39, 0.29) is 0 Å². The fourth-order valence-electron chi connectivity index (χ4n) is 2.99. The maximum absolute atomic E-state index is 5.99. The van der Waals surface area contributed by atoms with Gasteiger partial charge in [0.1, 0.15) is 5.82 Å². The van der Waals surface area contributed by atoms with Crippen LogP contribution in [0.1, 0.15) is 38.6 Å². The van der Waals surface area contributed by atoms with Crippen molar-refractivity contribution < 1.29 is 0 Å². The Labute approximate surface area is 107 Å². The lowest BCUT2D eigenvalue weighted by atomic mass is 10.2. The standard InChI is InChI=1S/C14H20N4/c1-10(2)17-7-4-6-12(17)14-16-9-13-11(15)5-3-8-18(13)14/h3,5,8-10,12H,4,6-7,15H2,1-2H3. The first-order chi connectivity index (χ1) is 8.68. The minimum atomic E-state index is 0.425. The molecule has 1 atom stereocenters. The zero-order valence-electron chi connectivity index (χ0n) is 11.0. The average Bonchev–Trinajstić information content (AvgIpc) is 2.94. The van der Waals surface area contributed by atoms with E-state index in [1.165, 1.54) is 19.4 Å². The third kappa shape index (κ3) is 1.68. The van der Waals surface area contributed by atoms with Gasteiger partial charge in [-0.15, -0.1) is 0 Å². The van der Waals surface area contributed by atoms with Crippen molar-refractivity contribution in [3.63, 3.8) is 0 Å². The van der Waals surface area contributed by atoms with Crippen molar-refractivity contribution in [2.75, 3.05) is 12.3 Å². The molecule has 0 amide bonds. The molecule has 1 aliphatic rings. The molecule has 1 aliphatic heterocycles. The molecule has 0 aromatic carbocycles. The molecule has 0 aliphatic carbocycles. The van der Waals surface area contributed by atoms with E-state index in [1.807, 2.05) is 18.3 Å². The first kappa shape index (κ1) is 11.5. The predicted molar refractivity (Wildman–Crippen MR) is 73.4 cm³/mol. The largest absolute Gasteiger partial charge is 0.397 e. The summed E-state index contributed by atoms with van der Waals surface area (Å²) in [6, 6.07) is 4.90. The molecule has 0 bridgehead atoms. The van der Waals surface area contributed by atoms with E-state index in [0.717, 1.165) is 17.0 Å². The molecule has 4 nitrogen and oxygen atoms in total. The molecular weight excluding hydrogens is 224 g/mol. The van der Waals surface area contributed by atoms with Crippen LogP contribution in [-0.2, 0) is 0 Å². The molecule has 2 N–H and O–H groups in total. The molecule has 0 radical (unpaired) electrons. The topological polar surface area (TPSA) is 46.6 Å². The summed E-state index contributed by atoms with van der Waals surface area (Å²) >= 11 is 0. The highest BCUT2D eigenvalue weighted by molar-refractivity contribution is 5.68. The molecule has 3 rings (SSSR count). The van der Waals surface area contributed by atoms with Crippen LogP contribution in [0.15, 0.2) is 24.5 Å². The molecular formula is C14H20N4. The maximum atomic E-state index is 5.99. The van der Waals surface area contributed by atoms with Gasteiger partial charge >= 0.3 is 0 Å². The van der Waals surface area contributed by atoms with Crippen molar-refractivity contribution in [1.29, 1.82) is 0 Å². The van der Waals surface area contributed by atoms with Gasteiger partial charge in [-0.3, -0.25) is 4.90 Å². The maximum Gasteiger partial charge on any atom is 0.130 e. The SMILES string of the molecule is CC(C)N1CCCC1c1ncc2c(N)cccn12. The number of fused-ring (bicyclic) bond motifs is 1. The molecule has 2 aromatic rings. The van der Waals surface area contributed by atoms with Gasteiger partial charge in [-0.25, -0.2) is 4.98 Å². The summed E-state index contributed by atoms with van der Waals surface area (Å²) in [5.41, 5.74) is 7.80. The molecule has 2 aromatic heterocycles. The van der Waals surface area contributed by atoms with E-state index in [2.05, 4.69) is 34.3 Å². The van der Waals surface area contributed by atoms with Crippen molar-refractivity contribution in [1.82, 2.24) is 14.3 Å². The quantitative estimate of drug-likeness (QED) is 0.882. The number of pyridine rings is 1. The van der Waals surface area contributed by atoms with E-state index < -0.39 is 0 Å². The van der Waals surface area contributed by atoms with Crippen molar-refractivity contribution >= 4 is 11.2 Å². The predicted octanol–water partition coefficient (Wildman–Crippen LogP) is 2.46. The lowest BCUT2D eigenvalue weighted by Gasteiger charge is -2.27. The Morgan fingerprint density at radius 3 is 3.06 bits per heavy atom. The Balaban J connectivity index is 2.07. The second-order valence-corrected chi connectivity index (χ2v) is 5.32. The molecule has 3 heterocycles. The second-order valence-electron chi connectivity index (χ2n) is 5.32. The third-order valence-corrected chi connectivity index (χ3v) is 3.89. The van der Waals surface area contributed by atoms with E-state index in [0.29, 0.717) is 12.1 Å². The number of nitrogen functional groups attached to an aromatic ring is 1. The van der Waals surface area contributed by atoms with Gasteiger partial charge in [-0.05, 0) is 45.4 Å². The van der Waals surface area contributed by atoms with E-state index >= 15 is 0 Å². The third-order valence-electron chi connectivity index (χ3n) is 3.89. The number of hydrogen-bond donors (Lipinski definition) is 1. The fourth-order valence-corrected chi connectivity index (χ4v) is 2.99. The molecule has 0 saturated carbocycles. The smallest absolute Gasteiger partial charge is 0.130 e. The van der Waals surface area contributed by atoms with E-state index in [1.54, 1.807) is 0 Å². The molecule has 1 saturated heterocycles. The Morgan fingerprint density at radius 1 is 1.44 bits per heavy atom. The number of nitrogens with zero attached hydrogens (tertiary/aromatic N) is 3. The second kappa shape index (κ2) is 4.28. The Morgan fingerprint density at radius 2 is 2.28 bits per heavy atom. The Bertz CT molecular complexity index is 558. The van der Waals surface area contributed by atoms with Gasteiger partial charge in [0.2, 0.25) is 0 Å². The zero-order valence-corrected chi connectivity index (χ0v) is 11.0. The highest BCUT2D eigenvalue weighted by Crippen LogP contribution is 2.33. The number of imidazole rings is 1. The summed E-state index contributed by atoms with van der Waals surface area (Å²) in [7, 11) is 0. The van der Waals surface area contributed by atoms with Gasteiger partial charge < -0.3 is 10.1 Å². The summed E-state index contributed by atoms with van der Waals surface area (Å²) in [5, 5.41) is 0. The highest BCUT2D eigenvalue weighted by Gasteiger charge is 2.30. The van der Waals surface area contributed by atoms with Gasteiger partial charge in [0, 0.05) is 12.2 Å². The van der Waals surface area contributed by atoms with Gasteiger partial charge in [0.25, 0.3) is 0 Å². The van der Waals surface area contributed by atoms with Crippen LogP contribution in [0.4, 0.5) is 5.69 Å². The summed E-state index contributed by atoms with van der Waals surface area (Å²) in [6.07, 6.45) is 6.39. The van der Waals surface area contributed by atoms with Crippen molar-refractivity contribution in [2.24, 2.45) is 0 Å². The van der Waals surface area contributed by atoms with Crippen molar-refractivity contribution in [2.45, 2.75) is 38.8 Å². The van der Waals surface area contributed by atoms with Crippen molar-refractivity contribution in [3.05, 3.63) is 30.4 Å². The normalized spacial score (nSPS) is 21.2. The van der Waals surface area contributed by atoms with Gasteiger partial charge in [0.15, 0.2) is 0 Å². The van der Waals surface area contributed by atoms with Crippen LogP contribution in [0.2, 0.25) is 0 Å². The van der Waals surface area contributed by atoms with Crippen LogP contribution in [-0.4, -0.2) is 26.9 Å². The van der Waals surface area contributed by atoms with Crippen LogP contribution >= 0.6 is 0 Å². The fraction of sp³-hybridized carbons (Fsp3) is 0.500. The number of likely N-dealkylation sites (tertiary alicyclic amines) is 1. The van der Waals surface area contributed by atoms with E-state index in [4.69, 9.17) is 5.73 Å². The Kier molecular flexibility index (Phi) is 2.74. The highest BCUT2D eigenvalue weighted by atomic mass is 15.2. The van der Waals surface area contributed by atoms with Gasteiger partial charge in [-0.2, -0.15) is 0 Å². The van der Waals surface area contributed by atoms with Crippen molar-refractivity contribution in [3.8, 4) is 0 Å². The van der Waals surface area contributed by atoms with Crippen LogP contribution < -0.4 is 5.73 Å². The van der Waals surface area contributed by atoms with E-state index in [9.17, 15) is 0 Å². The lowest BCUT2D eigenvalue weighted by Crippen LogP contribution is -2.31. The number of rotatable bonds is 2. The minimum Gasteiger partial charge on any atom is -0.397 e. The molecule has 0 spiro atoms. The summed E-state index contributed by atoms with van der Waals surface area (Å²) in [4.78, 5) is 7.14. The van der Waals surface area contributed by atoms with Crippen LogP contribution in [0.3, 0.4) is 0 Å². The summed E-state index contributed by atoms with van der Waals surface area (Å²) in [5.74, 6) is 1.13. The summed E-state index contributed by atoms with van der Waals surface area (Å²) < 4.78 is 2.14. The van der Waals surface area contributed by atoms with Crippen LogP contribution in [0, 0.1) is 0 Å². The number of aromatic nitrogens is 2. The molecule has 96 valence electrons. The lowest BCUT2D eigenvalue weighted by molar-refractivity contribution is 0.198. The monoisotopic (exact) mass is 244 g/mol. The molecule has 18 heavy (non-hydrogen) atoms. The minimum absolute atomic E-state index is 0.425. The molecule has 4 heteroatoms. The van der Waals surface area contributed by atoms with Crippen LogP contribution in [0.5, 0.6) is 0 Å². The van der Waals surface area contributed by atoms with Gasteiger partial charge in [0.05, 0.1) is 23.4 Å². The Hall–Kier alpha value is -1.55. The first-order valence-electron chi connectivity index (χ1n) is 6.65. The number of nitrogens with two attached hydrogens (primary N) is 1. The molecule has 1 unspecified atom stereocenters. The zero-order chi connectivity index (χ0) is 12.7. The average molecular weight is 244 g/mol. The first-order valence-corrected chi connectivity index (χ1v) is 6.65. The van der Waals surface area contributed by atoms with Crippen LogP contribution in [0.25, 0.3) is 5.52 Å². The van der Waals surface area contributed by atoms with Gasteiger partial charge in [-0.1, -0.05) is 0 Å².